The normalized spacial score (nSPS) is 13.1. The first-order valence-corrected chi connectivity index (χ1v) is 13.3. The number of rotatable bonds is 10. The number of sulfonamides is 1. The van der Waals surface area contributed by atoms with E-state index in [1.54, 1.807) is 18.2 Å². The maximum Gasteiger partial charge on any atom is 0.242 e. The van der Waals surface area contributed by atoms with Gasteiger partial charge >= 0.3 is 0 Å². The van der Waals surface area contributed by atoms with Gasteiger partial charge in [-0.15, -0.1) is 0 Å². The maximum atomic E-state index is 12.7. The molecule has 0 aliphatic rings. The Balaban J connectivity index is 1.68. The quantitative estimate of drug-likeness (QED) is 0.465. The number of carbonyl (C=O) groups is 1. The highest BCUT2D eigenvalue weighted by atomic mass is 32.2. The number of aryl methyl sites for hydroxylation is 2. The fraction of sp³-hybridized carbons (Fsp3) is 0.462. The Morgan fingerprint density at radius 3 is 2.35 bits per heavy atom. The van der Waals surface area contributed by atoms with E-state index in [0.717, 1.165) is 23.3 Å². The van der Waals surface area contributed by atoms with E-state index >= 15 is 0 Å². The van der Waals surface area contributed by atoms with Crippen LogP contribution in [0.15, 0.2) is 47.4 Å². The van der Waals surface area contributed by atoms with Crippen LogP contribution in [0.1, 0.15) is 57.1 Å². The Kier molecular flexibility index (Phi) is 8.15. The molecule has 0 radical (unpaired) electrons. The SMILES string of the molecule is CCn1c(CCC(=O)NC(C)c2ccc(CC(C)C)cc2)nc2cc(S(=O)(=O)N(C)C)ccc21. The molecule has 0 aliphatic carbocycles. The lowest BCUT2D eigenvalue weighted by Crippen LogP contribution is -2.27. The van der Waals surface area contributed by atoms with Crippen LogP contribution in [0.5, 0.6) is 0 Å². The maximum absolute atomic E-state index is 12.7. The van der Waals surface area contributed by atoms with E-state index in [2.05, 4.69) is 48.4 Å². The Labute approximate surface area is 203 Å². The highest BCUT2D eigenvalue weighted by Gasteiger charge is 2.20. The lowest BCUT2D eigenvalue weighted by molar-refractivity contribution is -0.121. The number of benzene rings is 2. The molecule has 0 bridgehead atoms. The lowest BCUT2D eigenvalue weighted by atomic mass is 10.00. The van der Waals surface area contributed by atoms with Crippen LogP contribution in [0.2, 0.25) is 0 Å². The molecule has 0 saturated carbocycles. The second kappa shape index (κ2) is 10.7. The molecule has 0 spiro atoms. The Bertz CT molecular complexity index is 1250. The molecule has 1 unspecified atom stereocenters. The van der Waals surface area contributed by atoms with Crippen molar-refractivity contribution >= 4 is 27.0 Å². The molecular formula is C26H36N4O3S. The molecule has 1 heterocycles. The monoisotopic (exact) mass is 484 g/mol. The molecular weight excluding hydrogens is 448 g/mol. The number of imidazole rings is 1. The number of nitrogens with zero attached hydrogens (tertiary/aromatic N) is 3. The first kappa shape index (κ1) is 25.9. The predicted octanol–water partition coefficient (Wildman–Crippen LogP) is 4.32. The van der Waals surface area contributed by atoms with Crippen molar-refractivity contribution in [2.24, 2.45) is 5.92 Å². The second-order valence-electron chi connectivity index (χ2n) is 9.34. The smallest absolute Gasteiger partial charge is 0.242 e. The molecule has 1 aromatic heterocycles. The standard InChI is InChI=1S/C26H36N4O3S/c1-7-30-24-13-12-22(34(32,33)29(5)6)17-23(24)28-25(30)14-15-26(31)27-19(4)21-10-8-20(9-11-21)16-18(2)3/h8-13,17-19H,7,14-16H2,1-6H3,(H,27,31). The minimum Gasteiger partial charge on any atom is -0.350 e. The predicted molar refractivity (Wildman–Crippen MR) is 136 cm³/mol. The fourth-order valence-electron chi connectivity index (χ4n) is 4.11. The summed E-state index contributed by atoms with van der Waals surface area (Å²) in [4.78, 5) is 17.5. The van der Waals surface area contributed by atoms with E-state index in [1.165, 1.54) is 24.0 Å². The third-order valence-electron chi connectivity index (χ3n) is 5.97. The Hall–Kier alpha value is -2.71. The third kappa shape index (κ3) is 5.85. The van der Waals surface area contributed by atoms with Gasteiger partial charge in [0, 0.05) is 33.5 Å². The van der Waals surface area contributed by atoms with Crippen LogP contribution in [0.4, 0.5) is 0 Å². The number of hydrogen-bond acceptors (Lipinski definition) is 4. The number of fused-ring (bicyclic) bond motifs is 1. The van der Waals surface area contributed by atoms with E-state index in [-0.39, 0.29) is 16.8 Å². The van der Waals surface area contributed by atoms with Crippen LogP contribution in [0.3, 0.4) is 0 Å². The molecule has 1 atom stereocenters. The number of carbonyl (C=O) groups excluding carboxylic acids is 1. The van der Waals surface area contributed by atoms with E-state index in [1.807, 2.05) is 18.4 Å². The second-order valence-corrected chi connectivity index (χ2v) is 11.5. The van der Waals surface area contributed by atoms with Gasteiger partial charge in [-0.2, -0.15) is 0 Å². The van der Waals surface area contributed by atoms with Crippen LogP contribution in [-0.4, -0.2) is 42.3 Å². The molecule has 184 valence electrons. The van der Waals surface area contributed by atoms with Crippen LogP contribution in [-0.2, 0) is 34.2 Å². The van der Waals surface area contributed by atoms with E-state index < -0.39 is 10.0 Å². The summed E-state index contributed by atoms with van der Waals surface area (Å²) in [5.41, 5.74) is 3.87. The highest BCUT2D eigenvalue weighted by molar-refractivity contribution is 7.89. The van der Waals surface area contributed by atoms with Crippen molar-refractivity contribution in [2.45, 2.75) is 64.4 Å². The molecule has 0 fully saturated rings. The largest absolute Gasteiger partial charge is 0.350 e. The Morgan fingerprint density at radius 1 is 1.09 bits per heavy atom. The molecule has 3 aromatic rings. The van der Waals surface area contributed by atoms with Crippen molar-refractivity contribution in [3.05, 3.63) is 59.4 Å². The van der Waals surface area contributed by atoms with Gasteiger partial charge in [-0.1, -0.05) is 38.1 Å². The number of aromatic nitrogens is 2. The van der Waals surface area contributed by atoms with Gasteiger partial charge < -0.3 is 9.88 Å². The average molecular weight is 485 g/mol. The van der Waals surface area contributed by atoms with Crippen molar-refractivity contribution in [1.29, 1.82) is 0 Å². The van der Waals surface area contributed by atoms with Gasteiger partial charge in [0.25, 0.3) is 0 Å². The van der Waals surface area contributed by atoms with Crippen molar-refractivity contribution < 1.29 is 13.2 Å². The van der Waals surface area contributed by atoms with Gasteiger partial charge in [-0.05, 0) is 55.5 Å². The summed E-state index contributed by atoms with van der Waals surface area (Å²) in [6, 6.07) is 13.3. The molecule has 7 nitrogen and oxygen atoms in total. The van der Waals surface area contributed by atoms with Crippen molar-refractivity contribution in [3.63, 3.8) is 0 Å². The van der Waals surface area contributed by atoms with E-state index in [0.29, 0.717) is 30.8 Å². The van der Waals surface area contributed by atoms with Gasteiger partial charge in [-0.3, -0.25) is 4.79 Å². The summed E-state index contributed by atoms with van der Waals surface area (Å²) in [6.07, 6.45) is 1.83. The van der Waals surface area contributed by atoms with Gasteiger partial charge in [-0.25, -0.2) is 17.7 Å². The van der Waals surface area contributed by atoms with Gasteiger partial charge in [0.2, 0.25) is 15.9 Å². The molecule has 34 heavy (non-hydrogen) atoms. The first-order valence-electron chi connectivity index (χ1n) is 11.8. The molecule has 1 N–H and O–H groups in total. The summed E-state index contributed by atoms with van der Waals surface area (Å²) >= 11 is 0. The summed E-state index contributed by atoms with van der Waals surface area (Å²) in [5, 5.41) is 3.08. The van der Waals surface area contributed by atoms with E-state index in [9.17, 15) is 13.2 Å². The summed E-state index contributed by atoms with van der Waals surface area (Å²) in [7, 11) is -0.515. The van der Waals surface area contributed by atoms with Crippen LogP contribution in [0, 0.1) is 5.92 Å². The minimum absolute atomic E-state index is 0.0376. The zero-order valence-electron chi connectivity index (χ0n) is 21.0. The van der Waals surface area contributed by atoms with Crippen molar-refractivity contribution in [3.8, 4) is 0 Å². The van der Waals surface area contributed by atoms with Gasteiger partial charge in [0.15, 0.2) is 0 Å². The highest BCUT2D eigenvalue weighted by Crippen LogP contribution is 2.23. The third-order valence-corrected chi connectivity index (χ3v) is 7.78. The molecule has 0 saturated heterocycles. The molecule has 0 aliphatic heterocycles. The molecule has 1 amide bonds. The van der Waals surface area contributed by atoms with Crippen molar-refractivity contribution in [2.75, 3.05) is 14.1 Å². The fourth-order valence-corrected chi connectivity index (χ4v) is 5.03. The average Bonchev–Trinajstić information content (AvgIpc) is 3.14. The lowest BCUT2D eigenvalue weighted by Gasteiger charge is -2.15. The summed E-state index contributed by atoms with van der Waals surface area (Å²) < 4.78 is 28.2. The summed E-state index contributed by atoms with van der Waals surface area (Å²) in [5.74, 6) is 1.35. The topological polar surface area (TPSA) is 84.3 Å². The van der Waals surface area contributed by atoms with Gasteiger partial charge in [0.1, 0.15) is 5.82 Å². The zero-order valence-corrected chi connectivity index (χ0v) is 21.8. The van der Waals surface area contributed by atoms with Gasteiger partial charge in [0.05, 0.1) is 22.0 Å². The number of nitrogens with one attached hydrogen (secondary N) is 1. The summed E-state index contributed by atoms with van der Waals surface area (Å²) in [6.45, 7) is 9.10. The minimum atomic E-state index is -3.53. The van der Waals surface area contributed by atoms with Crippen molar-refractivity contribution in [1.82, 2.24) is 19.2 Å². The molecule has 2 aromatic carbocycles. The van der Waals surface area contributed by atoms with Crippen LogP contribution in [0.25, 0.3) is 11.0 Å². The van der Waals surface area contributed by atoms with E-state index in [4.69, 9.17) is 0 Å². The number of amides is 1. The zero-order chi connectivity index (χ0) is 25.0. The first-order chi connectivity index (χ1) is 16.0. The molecule has 3 rings (SSSR count). The van der Waals surface area contributed by atoms with Crippen LogP contribution >= 0.6 is 0 Å². The van der Waals surface area contributed by atoms with Crippen LogP contribution < -0.4 is 5.32 Å². The number of hydrogen-bond donors (Lipinski definition) is 1. The Morgan fingerprint density at radius 2 is 1.76 bits per heavy atom. The molecule has 8 heteroatoms.